The van der Waals surface area contributed by atoms with Crippen LogP contribution in [0.15, 0.2) is 12.4 Å². The van der Waals surface area contributed by atoms with Crippen LogP contribution < -0.4 is 11.1 Å². The summed E-state index contributed by atoms with van der Waals surface area (Å²) in [7, 11) is 0. The van der Waals surface area contributed by atoms with Crippen LogP contribution in [0.25, 0.3) is 0 Å². The van der Waals surface area contributed by atoms with Gasteiger partial charge in [0.25, 0.3) is 0 Å². The van der Waals surface area contributed by atoms with Crippen LogP contribution in [-0.2, 0) is 11.3 Å². The van der Waals surface area contributed by atoms with Crippen molar-refractivity contribution in [3.05, 3.63) is 17.4 Å². The second-order valence-electron chi connectivity index (χ2n) is 6.45. The zero-order valence-corrected chi connectivity index (χ0v) is 12.9. The maximum absolute atomic E-state index is 12.2. The van der Waals surface area contributed by atoms with E-state index < -0.39 is 0 Å². The first-order valence-electron chi connectivity index (χ1n) is 7.84. The third kappa shape index (κ3) is 3.58. The average molecular weight is 311 g/mol. The molecule has 0 aliphatic heterocycles. The standard InChI is InChI=1S/C15H23ClN4O/c16-12-8-18-20(9-12)5-4-14(21)19-15-10-2-1-3-11(15)7-13(17)6-10/h8-11,13,15H,1-7,17H2,(H,19,21). The van der Waals surface area contributed by atoms with E-state index in [1.807, 2.05) is 0 Å². The molecule has 1 heterocycles. The summed E-state index contributed by atoms with van der Waals surface area (Å²) in [5.74, 6) is 1.24. The van der Waals surface area contributed by atoms with Crippen LogP contribution in [0, 0.1) is 11.8 Å². The third-order valence-electron chi connectivity index (χ3n) is 4.87. The van der Waals surface area contributed by atoms with Gasteiger partial charge in [0.2, 0.25) is 5.91 Å². The Bertz CT molecular complexity index is 490. The normalized spacial score (nSPS) is 31.9. The number of amides is 1. The molecule has 0 saturated heterocycles. The second kappa shape index (κ2) is 6.36. The van der Waals surface area contributed by atoms with E-state index in [1.54, 1.807) is 17.1 Å². The average Bonchev–Trinajstić information content (AvgIpc) is 2.83. The van der Waals surface area contributed by atoms with E-state index in [2.05, 4.69) is 10.4 Å². The zero-order chi connectivity index (χ0) is 14.8. The van der Waals surface area contributed by atoms with E-state index in [9.17, 15) is 4.79 Å². The first-order chi connectivity index (χ1) is 10.1. The number of fused-ring (bicyclic) bond motifs is 2. The van der Waals surface area contributed by atoms with Crippen molar-refractivity contribution in [2.24, 2.45) is 17.6 Å². The Morgan fingerprint density at radius 1 is 1.43 bits per heavy atom. The molecule has 2 saturated carbocycles. The lowest BCUT2D eigenvalue weighted by atomic mass is 9.67. The number of carbonyl (C=O) groups excluding carboxylic acids is 1. The van der Waals surface area contributed by atoms with E-state index in [0.29, 0.717) is 41.9 Å². The Morgan fingerprint density at radius 3 is 2.76 bits per heavy atom. The van der Waals surface area contributed by atoms with Crippen molar-refractivity contribution in [1.82, 2.24) is 15.1 Å². The molecule has 5 nitrogen and oxygen atoms in total. The molecule has 2 fully saturated rings. The summed E-state index contributed by atoms with van der Waals surface area (Å²) < 4.78 is 1.71. The summed E-state index contributed by atoms with van der Waals surface area (Å²) in [5.41, 5.74) is 6.12. The zero-order valence-electron chi connectivity index (χ0n) is 12.2. The Hall–Kier alpha value is -1.07. The van der Waals surface area contributed by atoms with E-state index in [0.717, 1.165) is 12.8 Å². The highest BCUT2D eigenvalue weighted by atomic mass is 35.5. The van der Waals surface area contributed by atoms with Crippen molar-refractivity contribution in [1.29, 1.82) is 0 Å². The summed E-state index contributed by atoms with van der Waals surface area (Å²) in [6, 6.07) is 0.645. The number of nitrogens with two attached hydrogens (primary N) is 1. The Balaban J connectivity index is 1.52. The molecule has 2 aliphatic carbocycles. The molecule has 2 atom stereocenters. The molecule has 116 valence electrons. The predicted molar refractivity (Wildman–Crippen MR) is 81.8 cm³/mol. The van der Waals surface area contributed by atoms with E-state index in [4.69, 9.17) is 17.3 Å². The smallest absolute Gasteiger partial charge is 0.222 e. The van der Waals surface area contributed by atoms with Crippen molar-refractivity contribution in [2.45, 2.75) is 57.2 Å². The van der Waals surface area contributed by atoms with Crippen molar-refractivity contribution in [3.63, 3.8) is 0 Å². The van der Waals surface area contributed by atoms with Gasteiger partial charge in [0.1, 0.15) is 0 Å². The van der Waals surface area contributed by atoms with E-state index in [1.165, 1.54) is 19.3 Å². The molecule has 2 unspecified atom stereocenters. The largest absolute Gasteiger partial charge is 0.353 e. The minimum Gasteiger partial charge on any atom is -0.353 e. The molecule has 1 aromatic rings. The van der Waals surface area contributed by atoms with Gasteiger partial charge in [0.15, 0.2) is 0 Å². The molecule has 0 spiro atoms. The van der Waals surface area contributed by atoms with Crippen molar-refractivity contribution in [3.8, 4) is 0 Å². The Labute approximate surface area is 130 Å². The minimum atomic E-state index is 0.110. The topological polar surface area (TPSA) is 72.9 Å². The molecule has 1 amide bonds. The molecule has 3 N–H and O–H groups in total. The molecule has 2 aliphatic rings. The lowest BCUT2D eigenvalue weighted by molar-refractivity contribution is -0.123. The van der Waals surface area contributed by atoms with Crippen LogP contribution in [0.3, 0.4) is 0 Å². The molecule has 2 bridgehead atoms. The maximum Gasteiger partial charge on any atom is 0.222 e. The van der Waals surface area contributed by atoms with Crippen molar-refractivity contribution in [2.75, 3.05) is 0 Å². The van der Waals surface area contributed by atoms with Crippen LogP contribution >= 0.6 is 11.6 Å². The van der Waals surface area contributed by atoms with Gasteiger partial charge in [-0.25, -0.2) is 0 Å². The van der Waals surface area contributed by atoms with Crippen LogP contribution in [0.4, 0.5) is 0 Å². The number of hydrogen-bond acceptors (Lipinski definition) is 3. The predicted octanol–water partition coefficient (Wildman–Crippen LogP) is 1.95. The highest BCUT2D eigenvalue weighted by Gasteiger charge is 2.39. The second-order valence-corrected chi connectivity index (χ2v) is 6.88. The molecule has 0 radical (unpaired) electrons. The van der Waals surface area contributed by atoms with Gasteiger partial charge in [0.05, 0.1) is 11.2 Å². The number of halogens is 1. The minimum absolute atomic E-state index is 0.110. The summed E-state index contributed by atoms with van der Waals surface area (Å²) in [5, 5.41) is 7.94. The summed E-state index contributed by atoms with van der Waals surface area (Å²) in [4.78, 5) is 12.2. The lowest BCUT2D eigenvalue weighted by Crippen LogP contribution is -2.53. The number of aromatic nitrogens is 2. The maximum atomic E-state index is 12.2. The van der Waals surface area contributed by atoms with Crippen LogP contribution in [0.5, 0.6) is 0 Å². The fourth-order valence-electron chi connectivity index (χ4n) is 3.96. The molecule has 3 rings (SSSR count). The van der Waals surface area contributed by atoms with Gasteiger partial charge in [-0.3, -0.25) is 9.48 Å². The molecule has 21 heavy (non-hydrogen) atoms. The van der Waals surface area contributed by atoms with E-state index in [-0.39, 0.29) is 5.91 Å². The molecular weight excluding hydrogens is 288 g/mol. The van der Waals surface area contributed by atoms with Gasteiger partial charge < -0.3 is 11.1 Å². The highest BCUT2D eigenvalue weighted by Crippen LogP contribution is 2.39. The molecule has 6 heteroatoms. The fraction of sp³-hybridized carbons (Fsp3) is 0.733. The number of aryl methyl sites for hydroxylation is 1. The van der Waals surface area contributed by atoms with Gasteiger partial charge in [-0.1, -0.05) is 18.0 Å². The van der Waals surface area contributed by atoms with E-state index >= 15 is 0 Å². The SMILES string of the molecule is NC1CC2CCCC(C1)C2NC(=O)CCn1cc(Cl)cn1. The first kappa shape index (κ1) is 14.9. The fourth-order valence-corrected chi connectivity index (χ4v) is 4.12. The quantitative estimate of drug-likeness (QED) is 0.892. The molecular formula is C15H23ClN4O. The summed E-state index contributed by atoms with van der Waals surface area (Å²) in [6.45, 7) is 0.570. The summed E-state index contributed by atoms with van der Waals surface area (Å²) >= 11 is 5.81. The monoisotopic (exact) mass is 310 g/mol. The van der Waals surface area contributed by atoms with Crippen molar-refractivity contribution < 1.29 is 4.79 Å². The number of nitrogens with zero attached hydrogens (tertiary/aromatic N) is 2. The van der Waals surface area contributed by atoms with Crippen LogP contribution in [-0.4, -0.2) is 27.8 Å². The number of rotatable bonds is 4. The number of hydrogen-bond donors (Lipinski definition) is 2. The highest BCUT2D eigenvalue weighted by molar-refractivity contribution is 6.30. The van der Waals surface area contributed by atoms with Crippen molar-refractivity contribution >= 4 is 17.5 Å². The molecule has 1 aromatic heterocycles. The van der Waals surface area contributed by atoms with Gasteiger partial charge in [-0.05, 0) is 37.5 Å². The van der Waals surface area contributed by atoms with Crippen LogP contribution in [0.1, 0.15) is 38.5 Å². The number of carbonyl (C=O) groups is 1. The number of nitrogens with one attached hydrogen (secondary N) is 1. The lowest BCUT2D eigenvalue weighted by Gasteiger charge is -2.45. The molecule has 0 aromatic carbocycles. The Morgan fingerprint density at radius 2 is 2.14 bits per heavy atom. The first-order valence-corrected chi connectivity index (χ1v) is 8.22. The summed E-state index contributed by atoms with van der Waals surface area (Å²) in [6.07, 6.45) is 9.55. The van der Waals surface area contributed by atoms with Crippen LogP contribution in [0.2, 0.25) is 5.02 Å². The Kier molecular flexibility index (Phi) is 4.50. The van der Waals surface area contributed by atoms with Gasteiger partial charge in [-0.2, -0.15) is 5.10 Å². The third-order valence-corrected chi connectivity index (χ3v) is 5.07. The van der Waals surface area contributed by atoms with Gasteiger partial charge >= 0.3 is 0 Å². The van der Waals surface area contributed by atoms with Gasteiger partial charge in [-0.15, -0.1) is 0 Å². The van der Waals surface area contributed by atoms with Gasteiger partial charge in [0, 0.05) is 31.2 Å².